The lowest BCUT2D eigenvalue weighted by atomic mass is 9.99. The van der Waals surface area contributed by atoms with Gasteiger partial charge in [0, 0.05) is 42.4 Å². The number of carbonyl (C=O) groups excluding carboxylic acids is 1. The van der Waals surface area contributed by atoms with Crippen molar-refractivity contribution in [1.29, 1.82) is 0 Å². The Morgan fingerprint density at radius 2 is 2.24 bits per heavy atom. The fourth-order valence-electron chi connectivity index (χ4n) is 1.86. The monoisotopic (exact) mass is 238 g/mol. The second-order valence-electron chi connectivity index (χ2n) is 4.43. The second kappa shape index (κ2) is 4.33. The van der Waals surface area contributed by atoms with Crippen LogP contribution in [0.3, 0.4) is 0 Å². The van der Waals surface area contributed by atoms with Crippen LogP contribution < -0.4 is 5.73 Å². The zero-order valence-corrected chi connectivity index (χ0v) is 9.61. The maximum absolute atomic E-state index is 13.4. The first-order valence-corrected chi connectivity index (χ1v) is 5.48. The molecule has 1 fully saturated rings. The van der Waals surface area contributed by atoms with Gasteiger partial charge < -0.3 is 15.7 Å². The fraction of sp³-hybridized carbons (Fsp3) is 0.417. The number of aliphatic hydroxyl groups excluding tert-OH is 1. The van der Waals surface area contributed by atoms with Gasteiger partial charge in [0.25, 0.3) is 5.91 Å². The average molecular weight is 238 g/mol. The first kappa shape index (κ1) is 11.9. The van der Waals surface area contributed by atoms with Gasteiger partial charge in [-0.2, -0.15) is 0 Å². The standard InChI is InChI=1S/C12H15FN2O2/c1-7-10(13)2-9(3-11(7)14)12(17)15-4-8(5-15)6-16/h2-3,8,16H,4-6,14H2,1H3. The van der Waals surface area contributed by atoms with Crippen LogP contribution in [0.25, 0.3) is 0 Å². The number of carbonyl (C=O) groups is 1. The van der Waals surface area contributed by atoms with Crippen LogP contribution in [0.5, 0.6) is 0 Å². The van der Waals surface area contributed by atoms with Crippen LogP contribution in [0.1, 0.15) is 15.9 Å². The van der Waals surface area contributed by atoms with Crippen LogP contribution in [-0.4, -0.2) is 35.6 Å². The van der Waals surface area contributed by atoms with Crippen molar-refractivity contribution in [3.8, 4) is 0 Å². The normalized spacial score (nSPS) is 15.8. The summed E-state index contributed by atoms with van der Waals surface area (Å²) in [4.78, 5) is 13.5. The smallest absolute Gasteiger partial charge is 0.254 e. The van der Waals surface area contributed by atoms with Crippen molar-refractivity contribution in [3.05, 3.63) is 29.1 Å². The Morgan fingerprint density at radius 3 is 2.76 bits per heavy atom. The lowest BCUT2D eigenvalue weighted by Crippen LogP contribution is -2.51. The number of likely N-dealkylation sites (tertiary alicyclic amines) is 1. The molecule has 0 spiro atoms. The van der Waals surface area contributed by atoms with Crippen LogP contribution in [-0.2, 0) is 0 Å². The molecule has 1 heterocycles. The first-order chi connectivity index (χ1) is 8.02. The Balaban J connectivity index is 2.16. The Morgan fingerprint density at radius 1 is 1.59 bits per heavy atom. The van der Waals surface area contributed by atoms with Crippen molar-refractivity contribution < 1.29 is 14.3 Å². The molecule has 5 heteroatoms. The molecule has 17 heavy (non-hydrogen) atoms. The lowest BCUT2D eigenvalue weighted by molar-refractivity contribution is 0.0361. The molecule has 1 aliphatic rings. The van der Waals surface area contributed by atoms with E-state index in [4.69, 9.17) is 10.8 Å². The Kier molecular flexibility index (Phi) is 3.02. The van der Waals surface area contributed by atoms with Gasteiger partial charge in [0.2, 0.25) is 0 Å². The average Bonchev–Trinajstić information content (AvgIpc) is 2.23. The number of anilines is 1. The number of nitrogen functional groups attached to an aromatic ring is 1. The number of rotatable bonds is 2. The molecular formula is C12H15FN2O2. The SMILES string of the molecule is Cc1c(N)cc(C(=O)N2CC(CO)C2)cc1F. The second-order valence-corrected chi connectivity index (χ2v) is 4.43. The highest BCUT2D eigenvalue weighted by Gasteiger charge is 2.30. The van der Waals surface area contributed by atoms with Crippen LogP contribution in [0.2, 0.25) is 0 Å². The van der Waals surface area contributed by atoms with E-state index in [1.54, 1.807) is 11.8 Å². The Bertz CT molecular complexity index is 433. The highest BCUT2D eigenvalue weighted by molar-refractivity contribution is 5.95. The lowest BCUT2D eigenvalue weighted by Gasteiger charge is -2.38. The molecule has 3 N–H and O–H groups in total. The highest BCUT2D eigenvalue weighted by Crippen LogP contribution is 2.22. The summed E-state index contributed by atoms with van der Waals surface area (Å²) in [6, 6.07) is 2.70. The van der Waals surface area contributed by atoms with E-state index in [0.717, 1.165) is 0 Å². The van der Waals surface area contributed by atoms with Gasteiger partial charge in [-0.15, -0.1) is 0 Å². The Labute approximate surface area is 98.8 Å². The van der Waals surface area contributed by atoms with Crippen molar-refractivity contribution in [2.24, 2.45) is 5.92 Å². The Hall–Kier alpha value is -1.62. The van der Waals surface area contributed by atoms with Gasteiger partial charge in [-0.05, 0) is 19.1 Å². The van der Waals surface area contributed by atoms with E-state index in [1.807, 2.05) is 0 Å². The van der Waals surface area contributed by atoms with Gasteiger partial charge in [0.05, 0.1) is 0 Å². The van der Waals surface area contributed by atoms with E-state index in [1.165, 1.54) is 12.1 Å². The summed E-state index contributed by atoms with van der Waals surface area (Å²) in [7, 11) is 0. The molecule has 0 unspecified atom stereocenters. The molecule has 0 radical (unpaired) electrons. The number of hydrogen-bond acceptors (Lipinski definition) is 3. The van der Waals surface area contributed by atoms with Crippen LogP contribution >= 0.6 is 0 Å². The van der Waals surface area contributed by atoms with Gasteiger partial charge in [-0.1, -0.05) is 0 Å². The van der Waals surface area contributed by atoms with Crippen molar-refractivity contribution in [2.75, 3.05) is 25.4 Å². The minimum Gasteiger partial charge on any atom is -0.398 e. The summed E-state index contributed by atoms with van der Waals surface area (Å²) in [5.41, 5.74) is 6.53. The molecule has 0 bridgehead atoms. The molecule has 0 atom stereocenters. The number of nitrogens with zero attached hydrogens (tertiary/aromatic N) is 1. The summed E-state index contributed by atoms with van der Waals surface area (Å²) in [6.45, 7) is 2.69. The number of halogens is 1. The summed E-state index contributed by atoms with van der Waals surface area (Å²) in [5, 5.41) is 8.86. The van der Waals surface area contributed by atoms with E-state index in [-0.39, 0.29) is 29.7 Å². The summed E-state index contributed by atoms with van der Waals surface area (Å²) < 4.78 is 13.4. The molecule has 4 nitrogen and oxygen atoms in total. The van der Waals surface area contributed by atoms with Gasteiger partial charge >= 0.3 is 0 Å². The molecule has 1 amide bonds. The highest BCUT2D eigenvalue weighted by atomic mass is 19.1. The van der Waals surface area contributed by atoms with Crippen molar-refractivity contribution in [1.82, 2.24) is 4.90 Å². The molecule has 1 aliphatic heterocycles. The van der Waals surface area contributed by atoms with E-state index >= 15 is 0 Å². The molecule has 1 aromatic rings. The fourth-order valence-corrected chi connectivity index (χ4v) is 1.86. The van der Waals surface area contributed by atoms with E-state index in [0.29, 0.717) is 18.7 Å². The predicted octanol–water partition coefficient (Wildman–Crippen LogP) is 0.781. The topological polar surface area (TPSA) is 66.6 Å². The van der Waals surface area contributed by atoms with Crippen molar-refractivity contribution >= 4 is 11.6 Å². The van der Waals surface area contributed by atoms with Crippen LogP contribution in [0.15, 0.2) is 12.1 Å². The molecular weight excluding hydrogens is 223 g/mol. The number of hydrogen-bond donors (Lipinski definition) is 2. The number of benzene rings is 1. The van der Waals surface area contributed by atoms with Crippen molar-refractivity contribution in [2.45, 2.75) is 6.92 Å². The summed E-state index contributed by atoms with van der Waals surface area (Å²) in [6.07, 6.45) is 0. The third kappa shape index (κ3) is 2.10. The van der Waals surface area contributed by atoms with Gasteiger partial charge in [0.15, 0.2) is 0 Å². The largest absolute Gasteiger partial charge is 0.398 e. The summed E-state index contributed by atoms with van der Waals surface area (Å²) >= 11 is 0. The van der Waals surface area contributed by atoms with E-state index < -0.39 is 5.82 Å². The van der Waals surface area contributed by atoms with Crippen molar-refractivity contribution in [3.63, 3.8) is 0 Å². The molecule has 0 aromatic heterocycles. The molecule has 1 saturated heterocycles. The minimum absolute atomic E-state index is 0.0776. The maximum Gasteiger partial charge on any atom is 0.254 e. The van der Waals surface area contributed by atoms with Gasteiger partial charge in [-0.3, -0.25) is 4.79 Å². The molecule has 0 aliphatic carbocycles. The predicted molar refractivity (Wildman–Crippen MR) is 62.0 cm³/mol. The molecule has 2 rings (SSSR count). The molecule has 92 valence electrons. The van der Waals surface area contributed by atoms with Crippen LogP contribution in [0.4, 0.5) is 10.1 Å². The third-order valence-corrected chi connectivity index (χ3v) is 3.13. The zero-order chi connectivity index (χ0) is 12.6. The molecule has 1 aromatic carbocycles. The van der Waals surface area contributed by atoms with E-state index in [2.05, 4.69) is 0 Å². The number of nitrogens with two attached hydrogens (primary N) is 1. The molecule has 0 saturated carbocycles. The number of aliphatic hydroxyl groups is 1. The first-order valence-electron chi connectivity index (χ1n) is 5.48. The maximum atomic E-state index is 13.4. The van der Waals surface area contributed by atoms with Gasteiger partial charge in [-0.25, -0.2) is 4.39 Å². The quantitative estimate of drug-likeness (QED) is 0.748. The zero-order valence-electron chi connectivity index (χ0n) is 9.61. The number of amides is 1. The van der Waals surface area contributed by atoms with Gasteiger partial charge in [0.1, 0.15) is 5.82 Å². The third-order valence-electron chi connectivity index (χ3n) is 3.13. The summed E-state index contributed by atoms with van der Waals surface area (Å²) in [5.74, 6) is -0.556. The van der Waals surface area contributed by atoms with E-state index in [9.17, 15) is 9.18 Å². The minimum atomic E-state index is -0.465. The van der Waals surface area contributed by atoms with Crippen LogP contribution in [0, 0.1) is 18.7 Å².